The van der Waals surface area contributed by atoms with E-state index in [1.54, 1.807) is 18.2 Å². The van der Waals surface area contributed by atoms with E-state index in [2.05, 4.69) is 0 Å². The van der Waals surface area contributed by atoms with Crippen molar-refractivity contribution in [2.75, 3.05) is 18.1 Å². The molecule has 0 aromatic heterocycles. The fraction of sp³-hybridized carbons (Fsp3) is 0.143. The van der Waals surface area contributed by atoms with Gasteiger partial charge in [-0.05, 0) is 30.3 Å². The first kappa shape index (κ1) is 13.7. The number of halogens is 2. The van der Waals surface area contributed by atoms with Crippen molar-refractivity contribution >= 4 is 17.4 Å². The van der Waals surface area contributed by atoms with Crippen LogP contribution in [0.25, 0.3) is 0 Å². The molecule has 0 unspecified atom stereocenters. The Kier molecular flexibility index (Phi) is 4.63. The van der Waals surface area contributed by atoms with E-state index in [1.807, 2.05) is 0 Å². The van der Waals surface area contributed by atoms with Crippen LogP contribution in [0.1, 0.15) is 0 Å². The van der Waals surface area contributed by atoms with Crippen molar-refractivity contribution in [1.29, 1.82) is 0 Å². The van der Waals surface area contributed by atoms with Crippen molar-refractivity contribution in [1.82, 2.24) is 0 Å². The van der Waals surface area contributed by atoms with Gasteiger partial charge in [0.05, 0.1) is 6.61 Å². The minimum absolute atomic E-state index is 0.218. The van der Waals surface area contributed by atoms with Crippen LogP contribution in [-0.4, -0.2) is 12.4 Å². The number of anilines is 1. The van der Waals surface area contributed by atoms with Gasteiger partial charge in [0.15, 0.2) is 11.6 Å². The number of ether oxygens (including phenoxy) is 1. The average molecular weight is 281 g/mol. The van der Waals surface area contributed by atoms with Crippen molar-refractivity contribution in [3.8, 4) is 5.75 Å². The minimum Gasteiger partial charge on any atom is -0.490 e. The van der Waals surface area contributed by atoms with E-state index < -0.39 is 5.82 Å². The highest BCUT2D eigenvalue weighted by molar-refractivity contribution is 7.99. The normalized spacial score (nSPS) is 10.4. The summed E-state index contributed by atoms with van der Waals surface area (Å²) in [6.45, 7) is 0.321. The predicted molar refractivity (Wildman–Crippen MR) is 73.4 cm³/mol. The smallest absolute Gasteiger partial charge is 0.165 e. The van der Waals surface area contributed by atoms with Gasteiger partial charge in [-0.1, -0.05) is 12.1 Å². The molecule has 0 aliphatic rings. The number of nitrogens with two attached hydrogens (primary N) is 1. The zero-order valence-electron chi connectivity index (χ0n) is 10.1. The summed E-state index contributed by atoms with van der Waals surface area (Å²) in [5.41, 5.74) is 6.24. The molecule has 5 heteroatoms. The van der Waals surface area contributed by atoms with Gasteiger partial charge in [-0.25, -0.2) is 8.78 Å². The average Bonchev–Trinajstić information content (AvgIpc) is 2.40. The lowest BCUT2D eigenvalue weighted by Gasteiger charge is -2.08. The van der Waals surface area contributed by atoms with E-state index in [9.17, 15) is 8.78 Å². The molecule has 0 saturated carbocycles. The van der Waals surface area contributed by atoms with Gasteiger partial charge in [0.1, 0.15) is 5.82 Å². The van der Waals surface area contributed by atoms with Gasteiger partial charge in [0.25, 0.3) is 0 Å². The first-order chi connectivity index (χ1) is 9.16. The Labute approximate surface area is 114 Å². The Hall–Kier alpha value is -1.75. The molecule has 0 bridgehead atoms. The second kappa shape index (κ2) is 6.43. The molecule has 0 radical (unpaired) electrons. The molecule has 2 N–H and O–H groups in total. The van der Waals surface area contributed by atoms with Crippen LogP contribution in [0, 0.1) is 11.6 Å². The van der Waals surface area contributed by atoms with Crippen LogP contribution in [0.5, 0.6) is 5.75 Å². The third-order valence-electron chi connectivity index (χ3n) is 2.41. The number of nitrogen functional groups attached to an aromatic ring is 1. The topological polar surface area (TPSA) is 35.2 Å². The molecule has 0 aliphatic carbocycles. The molecule has 0 atom stereocenters. The Morgan fingerprint density at radius 2 is 1.89 bits per heavy atom. The Bertz CT molecular complexity index is 563. The number of hydrogen-bond acceptors (Lipinski definition) is 3. The monoisotopic (exact) mass is 281 g/mol. The number of hydrogen-bond donors (Lipinski definition) is 1. The first-order valence-electron chi connectivity index (χ1n) is 5.72. The molecule has 100 valence electrons. The molecule has 0 saturated heterocycles. The Balaban J connectivity index is 1.84. The van der Waals surface area contributed by atoms with Gasteiger partial charge in [0.2, 0.25) is 0 Å². The summed E-state index contributed by atoms with van der Waals surface area (Å²) < 4.78 is 31.6. The lowest BCUT2D eigenvalue weighted by Crippen LogP contribution is -2.02. The molecule has 2 nitrogen and oxygen atoms in total. The molecule has 2 aromatic carbocycles. The molecule has 0 spiro atoms. The number of para-hydroxylation sites is 1. The van der Waals surface area contributed by atoms with Crippen LogP contribution in [0.3, 0.4) is 0 Å². The van der Waals surface area contributed by atoms with E-state index in [1.165, 1.54) is 36.0 Å². The first-order valence-corrected chi connectivity index (χ1v) is 6.70. The van der Waals surface area contributed by atoms with Crippen LogP contribution in [0.4, 0.5) is 14.5 Å². The zero-order valence-corrected chi connectivity index (χ0v) is 10.9. The molecule has 0 fully saturated rings. The number of thioether (sulfide) groups is 1. The van der Waals surface area contributed by atoms with Crippen molar-refractivity contribution < 1.29 is 13.5 Å². The molecule has 19 heavy (non-hydrogen) atoms. The molecule has 0 amide bonds. The number of rotatable bonds is 5. The van der Waals surface area contributed by atoms with E-state index in [4.69, 9.17) is 10.5 Å². The summed E-state index contributed by atoms with van der Waals surface area (Å²) in [4.78, 5) is 0.664. The molecule has 0 aliphatic heterocycles. The van der Waals surface area contributed by atoms with Crippen molar-refractivity contribution in [3.05, 3.63) is 54.1 Å². The highest BCUT2D eigenvalue weighted by Gasteiger charge is 2.04. The summed E-state index contributed by atoms with van der Waals surface area (Å²) in [5.74, 6) is 0.0573. The van der Waals surface area contributed by atoms with Crippen LogP contribution in [-0.2, 0) is 0 Å². The highest BCUT2D eigenvalue weighted by atomic mass is 32.2. The molecular formula is C14H13F2NOS. The largest absolute Gasteiger partial charge is 0.490 e. The number of benzene rings is 2. The van der Waals surface area contributed by atoms with E-state index >= 15 is 0 Å². The lowest BCUT2D eigenvalue weighted by atomic mass is 10.3. The van der Waals surface area contributed by atoms with Gasteiger partial charge in [0, 0.05) is 16.3 Å². The quantitative estimate of drug-likeness (QED) is 0.515. The van der Waals surface area contributed by atoms with Gasteiger partial charge in [-0.15, -0.1) is 11.8 Å². The maximum absolute atomic E-state index is 13.3. The summed E-state index contributed by atoms with van der Waals surface area (Å²) in [6, 6.07) is 10.4. The Morgan fingerprint density at radius 3 is 2.68 bits per heavy atom. The van der Waals surface area contributed by atoms with Crippen molar-refractivity contribution in [2.24, 2.45) is 0 Å². The summed E-state index contributed by atoms with van der Waals surface area (Å²) >= 11 is 1.37. The van der Waals surface area contributed by atoms with Crippen LogP contribution in [0.2, 0.25) is 0 Å². The SMILES string of the molecule is Nc1ccc(F)cc1SCCOc1ccccc1F. The summed E-state index contributed by atoms with van der Waals surface area (Å²) in [5, 5.41) is 0. The zero-order chi connectivity index (χ0) is 13.7. The molecule has 0 heterocycles. The van der Waals surface area contributed by atoms with Gasteiger partial charge < -0.3 is 10.5 Å². The van der Waals surface area contributed by atoms with E-state index in [0.717, 1.165) is 0 Å². The van der Waals surface area contributed by atoms with Crippen LogP contribution in [0.15, 0.2) is 47.4 Å². The lowest BCUT2D eigenvalue weighted by molar-refractivity contribution is 0.325. The standard InChI is InChI=1S/C14H13F2NOS/c15-10-5-6-12(17)14(9-10)19-8-7-18-13-4-2-1-3-11(13)16/h1-6,9H,7-8,17H2. The summed E-state index contributed by atoms with van der Waals surface area (Å²) in [6.07, 6.45) is 0. The fourth-order valence-electron chi connectivity index (χ4n) is 1.50. The van der Waals surface area contributed by atoms with Crippen molar-refractivity contribution in [2.45, 2.75) is 4.90 Å². The van der Waals surface area contributed by atoms with Gasteiger partial charge in [-0.3, -0.25) is 0 Å². The maximum Gasteiger partial charge on any atom is 0.165 e. The molecule has 2 rings (SSSR count). The van der Waals surface area contributed by atoms with Gasteiger partial charge in [-0.2, -0.15) is 0 Å². The second-order valence-corrected chi connectivity index (χ2v) is 4.95. The predicted octanol–water partition coefficient (Wildman–Crippen LogP) is 3.72. The van der Waals surface area contributed by atoms with E-state index in [0.29, 0.717) is 22.9 Å². The third kappa shape index (κ3) is 3.86. The summed E-state index contributed by atoms with van der Waals surface area (Å²) in [7, 11) is 0. The van der Waals surface area contributed by atoms with Gasteiger partial charge >= 0.3 is 0 Å². The van der Waals surface area contributed by atoms with Crippen LogP contribution < -0.4 is 10.5 Å². The maximum atomic E-state index is 13.3. The van der Waals surface area contributed by atoms with E-state index in [-0.39, 0.29) is 11.6 Å². The highest BCUT2D eigenvalue weighted by Crippen LogP contribution is 2.25. The second-order valence-electron chi connectivity index (χ2n) is 3.81. The minimum atomic E-state index is -0.391. The molecule has 2 aromatic rings. The van der Waals surface area contributed by atoms with Crippen molar-refractivity contribution in [3.63, 3.8) is 0 Å². The fourth-order valence-corrected chi connectivity index (χ4v) is 2.32. The Morgan fingerprint density at radius 1 is 1.11 bits per heavy atom. The van der Waals surface area contributed by atoms with Crippen LogP contribution >= 0.6 is 11.8 Å². The third-order valence-corrected chi connectivity index (χ3v) is 3.45. The molecular weight excluding hydrogens is 268 g/mol.